The van der Waals surface area contributed by atoms with E-state index in [1.807, 2.05) is 24.3 Å². The van der Waals surface area contributed by atoms with Gasteiger partial charge >= 0.3 is 5.97 Å². The number of amides is 1. The molecule has 4 nitrogen and oxygen atoms in total. The SMILES string of the molecule is CCc1ccc(C(=O)N2CCC[C@@H](C(=O)O)C2)cc1. The number of nitrogens with zero attached hydrogens (tertiary/aromatic N) is 1. The molecule has 1 saturated heterocycles. The molecule has 1 aromatic rings. The summed E-state index contributed by atoms with van der Waals surface area (Å²) in [5.41, 5.74) is 1.84. The van der Waals surface area contributed by atoms with Crippen LogP contribution in [-0.4, -0.2) is 35.0 Å². The normalized spacial score (nSPS) is 19.2. The molecular weight excluding hydrogens is 242 g/mol. The molecule has 1 fully saturated rings. The Kier molecular flexibility index (Phi) is 4.20. The number of carboxylic acids is 1. The molecule has 1 N–H and O–H groups in total. The summed E-state index contributed by atoms with van der Waals surface area (Å²) in [5, 5.41) is 9.04. The monoisotopic (exact) mass is 261 g/mol. The zero-order valence-corrected chi connectivity index (χ0v) is 11.1. The molecule has 0 aliphatic carbocycles. The summed E-state index contributed by atoms with van der Waals surface area (Å²) in [6.07, 6.45) is 2.36. The van der Waals surface area contributed by atoms with Gasteiger partial charge in [0.2, 0.25) is 0 Å². The van der Waals surface area contributed by atoms with Gasteiger partial charge in [0, 0.05) is 18.7 Å². The highest BCUT2D eigenvalue weighted by Crippen LogP contribution is 2.19. The third-order valence-electron chi connectivity index (χ3n) is 3.67. The molecule has 1 aliphatic heterocycles. The summed E-state index contributed by atoms with van der Waals surface area (Å²) in [5.74, 6) is -1.29. The Bertz CT molecular complexity index is 467. The summed E-state index contributed by atoms with van der Waals surface area (Å²) in [7, 11) is 0. The summed E-state index contributed by atoms with van der Waals surface area (Å²) in [6, 6.07) is 7.55. The number of rotatable bonds is 3. The first-order chi connectivity index (χ1) is 9.11. The Morgan fingerprint density at radius 2 is 2.00 bits per heavy atom. The maximum absolute atomic E-state index is 12.3. The minimum Gasteiger partial charge on any atom is -0.481 e. The highest BCUT2D eigenvalue weighted by Gasteiger charge is 2.28. The molecule has 1 aromatic carbocycles. The van der Waals surface area contributed by atoms with Crippen molar-refractivity contribution >= 4 is 11.9 Å². The number of carboxylic acid groups (broad SMARTS) is 1. The maximum Gasteiger partial charge on any atom is 0.308 e. The number of aliphatic carboxylic acids is 1. The number of hydrogen-bond acceptors (Lipinski definition) is 2. The van der Waals surface area contributed by atoms with Crippen molar-refractivity contribution in [1.29, 1.82) is 0 Å². The van der Waals surface area contributed by atoms with Gasteiger partial charge in [-0.25, -0.2) is 0 Å². The highest BCUT2D eigenvalue weighted by atomic mass is 16.4. The van der Waals surface area contributed by atoms with E-state index in [-0.39, 0.29) is 5.91 Å². The van der Waals surface area contributed by atoms with Crippen LogP contribution in [0.1, 0.15) is 35.7 Å². The molecule has 4 heteroatoms. The molecule has 1 atom stereocenters. The van der Waals surface area contributed by atoms with Crippen LogP contribution in [0.15, 0.2) is 24.3 Å². The van der Waals surface area contributed by atoms with Gasteiger partial charge in [-0.05, 0) is 37.0 Å². The first-order valence-electron chi connectivity index (χ1n) is 6.73. The predicted octanol–water partition coefficient (Wildman–Crippen LogP) is 2.19. The zero-order valence-electron chi connectivity index (χ0n) is 11.1. The molecule has 0 bridgehead atoms. The molecule has 2 rings (SSSR count). The summed E-state index contributed by atoms with van der Waals surface area (Å²) >= 11 is 0. The molecule has 1 aliphatic rings. The van der Waals surface area contributed by atoms with Crippen molar-refractivity contribution in [3.8, 4) is 0 Å². The Morgan fingerprint density at radius 3 is 2.58 bits per heavy atom. The van der Waals surface area contributed by atoms with Crippen molar-refractivity contribution in [2.24, 2.45) is 5.92 Å². The molecule has 0 saturated carbocycles. The fourth-order valence-electron chi connectivity index (χ4n) is 2.43. The van der Waals surface area contributed by atoms with E-state index < -0.39 is 11.9 Å². The number of carbonyl (C=O) groups is 2. The van der Waals surface area contributed by atoms with Gasteiger partial charge in [-0.2, -0.15) is 0 Å². The highest BCUT2D eigenvalue weighted by molar-refractivity contribution is 5.94. The van der Waals surface area contributed by atoms with Crippen molar-refractivity contribution in [1.82, 2.24) is 4.90 Å². The maximum atomic E-state index is 12.3. The van der Waals surface area contributed by atoms with E-state index in [4.69, 9.17) is 5.11 Å². The predicted molar refractivity (Wildman–Crippen MR) is 72.1 cm³/mol. The van der Waals surface area contributed by atoms with Gasteiger partial charge in [0.05, 0.1) is 5.92 Å². The second kappa shape index (κ2) is 5.87. The Labute approximate surface area is 113 Å². The average molecular weight is 261 g/mol. The van der Waals surface area contributed by atoms with E-state index in [0.717, 1.165) is 12.8 Å². The summed E-state index contributed by atoms with van der Waals surface area (Å²) in [4.78, 5) is 25.0. The molecule has 0 unspecified atom stereocenters. The topological polar surface area (TPSA) is 57.6 Å². The summed E-state index contributed by atoms with van der Waals surface area (Å²) in [6.45, 7) is 3.04. The standard InChI is InChI=1S/C15H19NO3/c1-2-11-5-7-12(8-6-11)14(17)16-9-3-4-13(10-16)15(18)19/h5-8,13H,2-4,9-10H2,1H3,(H,18,19)/t13-/m1/s1. The van der Waals surface area contributed by atoms with Gasteiger partial charge in [-0.1, -0.05) is 19.1 Å². The van der Waals surface area contributed by atoms with Gasteiger partial charge in [-0.3, -0.25) is 9.59 Å². The number of carbonyl (C=O) groups excluding carboxylic acids is 1. The van der Waals surface area contributed by atoms with Crippen LogP contribution in [-0.2, 0) is 11.2 Å². The van der Waals surface area contributed by atoms with E-state index in [1.54, 1.807) is 4.90 Å². The van der Waals surface area contributed by atoms with Crippen LogP contribution in [0.3, 0.4) is 0 Å². The fraction of sp³-hybridized carbons (Fsp3) is 0.467. The largest absolute Gasteiger partial charge is 0.481 e. The lowest BCUT2D eigenvalue weighted by molar-refractivity contribution is -0.143. The summed E-state index contributed by atoms with van der Waals surface area (Å²) < 4.78 is 0. The number of hydrogen-bond donors (Lipinski definition) is 1. The van der Waals surface area contributed by atoms with Gasteiger partial charge in [0.1, 0.15) is 0 Å². The zero-order chi connectivity index (χ0) is 13.8. The van der Waals surface area contributed by atoms with E-state index in [2.05, 4.69) is 6.92 Å². The first kappa shape index (κ1) is 13.6. The fourth-order valence-corrected chi connectivity index (χ4v) is 2.43. The molecule has 1 heterocycles. The Balaban J connectivity index is 2.07. The Morgan fingerprint density at radius 1 is 1.32 bits per heavy atom. The Hall–Kier alpha value is -1.84. The lowest BCUT2D eigenvalue weighted by atomic mass is 9.97. The molecule has 1 amide bonds. The molecule has 0 radical (unpaired) electrons. The number of piperidine rings is 1. The minimum absolute atomic E-state index is 0.0615. The van der Waals surface area contributed by atoms with E-state index in [9.17, 15) is 9.59 Å². The minimum atomic E-state index is -0.807. The second-order valence-electron chi connectivity index (χ2n) is 4.98. The molecule has 102 valence electrons. The van der Waals surface area contributed by atoms with Gasteiger partial charge in [0.25, 0.3) is 5.91 Å². The molecule has 0 aromatic heterocycles. The van der Waals surface area contributed by atoms with Gasteiger partial charge in [0.15, 0.2) is 0 Å². The molecule has 0 spiro atoms. The van der Waals surface area contributed by atoms with Gasteiger partial charge < -0.3 is 10.0 Å². The van der Waals surface area contributed by atoms with Crippen molar-refractivity contribution in [3.05, 3.63) is 35.4 Å². The quantitative estimate of drug-likeness (QED) is 0.907. The second-order valence-corrected chi connectivity index (χ2v) is 4.98. The number of likely N-dealkylation sites (tertiary alicyclic amines) is 1. The lowest BCUT2D eigenvalue weighted by Gasteiger charge is -2.30. The average Bonchev–Trinajstić information content (AvgIpc) is 2.46. The third-order valence-corrected chi connectivity index (χ3v) is 3.67. The van der Waals surface area contributed by atoms with Crippen LogP contribution in [0, 0.1) is 5.92 Å². The number of benzene rings is 1. The van der Waals surface area contributed by atoms with Gasteiger partial charge in [-0.15, -0.1) is 0 Å². The van der Waals surface area contributed by atoms with Crippen LogP contribution in [0.5, 0.6) is 0 Å². The lowest BCUT2D eigenvalue weighted by Crippen LogP contribution is -2.42. The van der Waals surface area contributed by atoms with Crippen molar-refractivity contribution in [2.75, 3.05) is 13.1 Å². The first-order valence-corrected chi connectivity index (χ1v) is 6.73. The van der Waals surface area contributed by atoms with Crippen LogP contribution in [0.4, 0.5) is 0 Å². The van der Waals surface area contributed by atoms with Crippen LogP contribution in [0.25, 0.3) is 0 Å². The van der Waals surface area contributed by atoms with E-state index in [0.29, 0.717) is 25.1 Å². The molecular formula is C15H19NO3. The van der Waals surface area contributed by atoms with Crippen LogP contribution in [0.2, 0.25) is 0 Å². The van der Waals surface area contributed by atoms with E-state index in [1.165, 1.54) is 5.56 Å². The van der Waals surface area contributed by atoms with Crippen LogP contribution >= 0.6 is 0 Å². The van der Waals surface area contributed by atoms with Crippen molar-refractivity contribution < 1.29 is 14.7 Å². The smallest absolute Gasteiger partial charge is 0.308 e. The van der Waals surface area contributed by atoms with E-state index >= 15 is 0 Å². The van der Waals surface area contributed by atoms with Crippen molar-refractivity contribution in [3.63, 3.8) is 0 Å². The van der Waals surface area contributed by atoms with Crippen LogP contribution < -0.4 is 0 Å². The van der Waals surface area contributed by atoms with Crippen molar-refractivity contribution in [2.45, 2.75) is 26.2 Å². The third kappa shape index (κ3) is 3.13. The molecule has 19 heavy (non-hydrogen) atoms. The number of aryl methyl sites for hydroxylation is 1.